The van der Waals surface area contributed by atoms with Crippen LogP contribution in [-0.2, 0) is 4.79 Å². The van der Waals surface area contributed by atoms with Gasteiger partial charge in [-0.05, 0) is 29.2 Å². The van der Waals surface area contributed by atoms with Crippen LogP contribution < -0.4 is 10.6 Å². The molecule has 9 heteroatoms. The predicted molar refractivity (Wildman–Crippen MR) is 125 cm³/mol. The van der Waals surface area contributed by atoms with Gasteiger partial charge in [0.1, 0.15) is 5.82 Å². The first-order chi connectivity index (χ1) is 14.8. The van der Waals surface area contributed by atoms with Gasteiger partial charge in [0.05, 0.1) is 17.6 Å². The lowest BCUT2D eigenvalue weighted by atomic mass is 9.68. The molecule has 0 radical (unpaired) electrons. The molecule has 1 unspecified atom stereocenters. The molecule has 1 aliphatic carbocycles. The van der Waals surface area contributed by atoms with Crippen molar-refractivity contribution in [3.63, 3.8) is 0 Å². The number of nitrogens with two attached hydrogens (primary N) is 1. The Kier molecular flexibility index (Phi) is 5.86. The molecule has 1 aliphatic heterocycles. The Morgan fingerprint density at radius 2 is 2.10 bits per heavy atom. The molecular formula is C22H22ClN5OS2. The van der Waals surface area contributed by atoms with E-state index in [1.54, 1.807) is 22.7 Å². The van der Waals surface area contributed by atoms with Crippen LogP contribution in [0.3, 0.4) is 0 Å². The van der Waals surface area contributed by atoms with E-state index in [4.69, 9.17) is 17.3 Å². The van der Waals surface area contributed by atoms with E-state index in [1.165, 1.54) is 11.3 Å². The number of thioether (sulfide) groups is 1. The molecule has 0 bridgehead atoms. The summed E-state index contributed by atoms with van der Waals surface area (Å²) in [6.07, 6.45) is 1.02. The van der Waals surface area contributed by atoms with Crippen molar-refractivity contribution >= 4 is 45.6 Å². The lowest BCUT2D eigenvalue weighted by Crippen LogP contribution is -2.42. The van der Waals surface area contributed by atoms with E-state index in [9.17, 15) is 10.1 Å². The van der Waals surface area contributed by atoms with E-state index in [1.807, 2.05) is 25.1 Å². The molecule has 0 saturated heterocycles. The van der Waals surface area contributed by atoms with Gasteiger partial charge in [-0.1, -0.05) is 73.7 Å². The average Bonchev–Trinajstić information content (AvgIpc) is 3.15. The third-order valence-corrected chi connectivity index (χ3v) is 7.72. The summed E-state index contributed by atoms with van der Waals surface area (Å²) in [5.41, 5.74) is 8.74. The number of benzene rings is 1. The molecule has 0 fully saturated rings. The molecule has 2 N–H and O–H groups in total. The zero-order chi connectivity index (χ0) is 22.3. The molecule has 2 aromatic rings. The quantitative estimate of drug-likeness (QED) is 0.608. The summed E-state index contributed by atoms with van der Waals surface area (Å²) in [5, 5.41) is 19.7. The van der Waals surface area contributed by atoms with E-state index in [0.717, 1.165) is 15.8 Å². The van der Waals surface area contributed by atoms with Gasteiger partial charge in [0, 0.05) is 22.7 Å². The van der Waals surface area contributed by atoms with Crippen molar-refractivity contribution in [2.45, 2.75) is 43.9 Å². The van der Waals surface area contributed by atoms with E-state index >= 15 is 0 Å². The fraction of sp³-hybridized carbons (Fsp3) is 0.364. The molecule has 2 aliphatic rings. The van der Waals surface area contributed by atoms with E-state index in [2.05, 4.69) is 30.1 Å². The predicted octanol–water partition coefficient (Wildman–Crippen LogP) is 5.24. The maximum Gasteiger partial charge on any atom is 0.219 e. The minimum absolute atomic E-state index is 0.00842. The highest BCUT2D eigenvalue weighted by atomic mass is 35.5. The SMILES string of the molecule is CCSc1nnc(N2C(N)=C(C#N)C(c3ccccc3Cl)C3=C2CC(C)(C)CC3=O)s1. The second kappa shape index (κ2) is 8.30. The van der Waals surface area contributed by atoms with Crippen molar-refractivity contribution in [3.8, 4) is 6.07 Å². The standard InChI is InChI=1S/C22H22ClN5OS2/c1-4-30-21-27-26-20(31-21)28-15-9-22(2,3)10-16(29)18(15)17(13(11-24)19(28)25)12-7-5-6-8-14(12)23/h5-8,17H,4,9-10,25H2,1-3H3. The second-order valence-corrected chi connectivity index (χ2v) is 11.2. The molecule has 1 aromatic carbocycles. The summed E-state index contributed by atoms with van der Waals surface area (Å²) in [7, 11) is 0. The van der Waals surface area contributed by atoms with Gasteiger partial charge in [-0.3, -0.25) is 9.69 Å². The largest absolute Gasteiger partial charge is 0.384 e. The number of anilines is 1. The number of hydrogen-bond acceptors (Lipinski definition) is 8. The molecule has 1 atom stereocenters. The summed E-state index contributed by atoms with van der Waals surface area (Å²) in [4.78, 5) is 15.2. The number of ketones is 1. The summed E-state index contributed by atoms with van der Waals surface area (Å²) >= 11 is 9.51. The first kappa shape index (κ1) is 21.9. The smallest absolute Gasteiger partial charge is 0.219 e. The van der Waals surface area contributed by atoms with Gasteiger partial charge >= 0.3 is 0 Å². The lowest BCUT2D eigenvalue weighted by molar-refractivity contribution is -0.118. The number of nitrogens with zero attached hydrogens (tertiary/aromatic N) is 4. The van der Waals surface area contributed by atoms with Gasteiger partial charge in [-0.25, -0.2) is 0 Å². The van der Waals surface area contributed by atoms with Crippen molar-refractivity contribution in [2.75, 3.05) is 10.7 Å². The highest BCUT2D eigenvalue weighted by molar-refractivity contribution is 8.01. The summed E-state index contributed by atoms with van der Waals surface area (Å²) in [6.45, 7) is 6.18. The molecule has 1 aromatic heterocycles. The molecule has 0 saturated carbocycles. The molecule has 2 heterocycles. The monoisotopic (exact) mass is 471 g/mol. The number of rotatable bonds is 4. The normalized spacial score (nSPS) is 20.7. The Morgan fingerprint density at radius 3 is 2.77 bits per heavy atom. The van der Waals surface area contributed by atoms with Crippen LogP contribution in [-0.4, -0.2) is 21.7 Å². The number of halogens is 1. The molecule has 31 heavy (non-hydrogen) atoms. The van der Waals surface area contributed by atoms with Gasteiger partial charge in [-0.15, -0.1) is 10.2 Å². The van der Waals surface area contributed by atoms with Crippen LogP contribution in [0.4, 0.5) is 5.13 Å². The summed E-state index contributed by atoms with van der Waals surface area (Å²) in [6, 6.07) is 9.56. The number of hydrogen-bond donors (Lipinski definition) is 1. The van der Waals surface area contributed by atoms with Crippen LogP contribution in [0, 0.1) is 16.7 Å². The van der Waals surface area contributed by atoms with Gasteiger partial charge in [0.15, 0.2) is 10.1 Å². The Bertz CT molecular complexity index is 1160. The van der Waals surface area contributed by atoms with Crippen LogP contribution >= 0.6 is 34.7 Å². The average molecular weight is 472 g/mol. The maximum atomic E-state index is 13.5. The van der Waals surface area contributed by atoms with Crippen molar-refractivity contribution in [1.29, 1.82) is 5.26 Å². The lowest BCUT2D eigenvalue weighted by Gasteiger charge is -2.42. The summed E-state index contributed by atoms with van der Waals surface area (Å²) in [5.74, 6) is 0.568. The molecule has 4 rings (SSSR count). The third kappa shape index (κ3) is 3.86. The molecule has 6 nitrogen and oxygen atoms in total. The first-order valence-corrected chi connectivity index (χ1v) is 12.1. The number of allylic oxidation sites excluding steroid dienone is 3. The van der Waals surface area contributed by atoms with Gasteiger partial charge < -0.3 is 5.73 Å². The minimum atomic E-state index is -0.592. The van der Waals surface area contributed by atoms with E-state index in [0.29, 0.717) is 39.7 Å². The highest BCUT2D eigenvalue weighted by Gasteiger charge is 2.45. The third-order valence-electron chi connectivity index (χ3n) is 5.45. The van der Waals surface area contributed by atoms with Gasteiger partial charge in [-0.2, -0.15) is 5.26 Å². The van der Waals surface area contributed by atoms with Crippen molar-refractivity contribution < 1.29 is 4.79 Å². The van der Waals surface area contributed by atoms with Crippen LogP contribution in [0.25, 0.3) is 0 Å². The Balaban J connectivity index is 1.97. The van der Waals surface area contributed by atoms with Crippen LogP contribution in [0.5, 0.6) is 0 Å². The molecular weight excluding hydrogens is 450 g/mol. The zero-order valence-corrected chi connectivity index (χ0v) is 19.9. The molecule has 0 spiro atoms. The first-order valence-electron chi connectivity index (χ1n) is 9.94. The highest BCUT2D eigenvalue weighted by Crippen LogP contribution is 2.51. The molecule has 160 valence electrons. The van der Waals surface area contributed by atoms with E-state index in [-0.39, 0.29) is 17.0 Å². The van der Waals surface area contributed by atoms with Crippen LogP contribution in [0.2, 0.25) is 5.02 Å². The van der Waals surface area contributed by atoms with Crippen molar-refractivity contribution in [2.24, 2.45) is 11.1 Å². The Hall–Kier alpha value is -2.34. The minimum Gasteiger partial charge on any atom is -0.384 e. The van der Waals surface area contributed by atoms with Gasteiger partial charge in [0.2, 0.25) is 5.13 Å². The number of carbonyl (C=O) groups is 1. The maximum absolute atomic E-state index is 13.5. The molecule has 0 amide bonds. The number of Topliss-reactive ketones (excluding diaryl/α,β-unsaturated/α-hetero) is 1. The zero-order valence-electron chi connectivity index (χ0n) is 17.5. The van der Waals surface area contributed by atoms with E-state index < -0.39 is 5.92 Å². The van der Waals surface area contributed by atoms with Gasteiger partial charge in [0.25, 0.3) is 0 Å². The van der Waals surface area contributed by atoms with Crippen LogP contribution in [0.15, 0.2) is 51.3 Å². The topological polar surface area (TPSA) is 95.9 Å². The van der Waals surface area contributed by atoms with Crippen molar-refractivity contribution in [3.05, 3.63) is 57.5 Å². The van der Waals surface area contributed by atoms with Crippen molar-refractivity contribution in [1.82, 2.24) is 10.2 Å². The van der Waals surface area contributed by atoms with Crippen LogP contribution in [0.1, 0.15) is 45.1 Å². The fourth-order valence-electron chi connectivity index (χ4n) is 4.22. The Morgan fingerprint density at radius 1 is 1.35 bits per heavy atom. The fourth-order valence-corrected chi connectivity index (χ4v) is 6.24. The second-order valence-electron chi connectivity index (χ2n) is 8.29. The summed E-state index contributed by atoms with van der Waals surface area (Å²) < 4.78 is 0.820. The number of aromatic nitrogens is 2. The Labute approximate surface area is 194 Å². The number of carbonyl (C=O) groups excluding carboxylic acids is 1. The number of nitriles is 1.